The summed E-state index contributed by atoms with van der Waals surface area (Å²) < 4.78 is 7.29. The first kappa shape index (κ1) is 19.6. The van der Waals surface area contributed by atoms with Gasteiger partial charge in [-0.2, -0.15) is 5.10 Å². The van der Waals surface area contributed by atoms with Gasteiger partial charge in [0.05, 0.1) is 24.5 Å². The lowest BCUT2D eigenvalue weighted by Crippen LogP contribution is -2.31. The van der Waals surface area contributed by atoms with Crippen LogP contribution in [0.25, 0.3) is 11.3 Å². The first-order valence-electron chi connectivity index (χ1n) is 9.73. The van der Waals surface area contributed by atoms with Gasteiger partial charge in [-0.15, -0.1) is 0 Å². The molecule has 1 amide bonds. The number of nitrogens with zero attached hydrogens (tertiary/aromatic N) is 5. The van der Waals surface area contributed by atoms with E-state index >= 15 is 0 Å². The van der Waals surface area contributed by atoms with E-state index in [1.807, 2.05) is 63.4 Å². The molecule has 0 saturated heterocycles. The third-order valence-electron chi connectivity index (χ3n) is 5.00. The maximum Gasteiger partial charge on any atom is 0.273 e. The van der Waals surface area contributed by atoms with Crippen molar-refractivity contribution in [2.24, 2.45) is 7.05 Å². The van der Waals surface area contributed by atoms with Crippen LogP contribution in [0.1, 0.15) is 33.2 Å². The molecule has 0 bridgehead atoms. The average Bonchev–Trinajstić information content (AvgIpc) is 3.29. The summed E-state index contributed by atoms with van der Waals surface area (Å²) in [5, 5.41) is 8.66. The number of aromatic nitrogens is 4. The van der Waals surface area contributed by atoms with Crippen LogP contribution in [0.4, 0.5) is 0 Å². The largest absolute Gasteiger partial charge is 0.361 e. The number of rotatable bonds is 6. The van der Waals surface area contributed by atoms with Crippen molar-refractivity contribution in [3.05, 3.63) is 89.2 Å². The average molecular weight is 401 g/mol. The minimum Gasteiger partial charge on any atom is -0.361 e. The van der Waals surface area contributed by atoms with E-state index in [0.717, 1.165) is 28.2 Å². The molecule has 7 nitrogen and oxygen atoms in total. The second-order valence-corrected chi connectivity index (χ2v) is 7.21. The Kier molecular flexibility index (Phi) is 5.43. The van der Waals surface area contributed by atoms with E-state index in [-0.39, 0.29) is 5.91 Å². The molecule has 152 valence electrons. The lowest BCUT2D eigenvalue weighted by molar-refractivity contribution is 0.0719. The number of carbonyl (C=O) groups is 1. The maximum atomic E-state index is 13.3. The summed E-state index contributed by atoms with van der Waals surface area (Å²) in [5.74, 6) is 0.530. The SMILES string of the molecule is Cc1cc(CN(Cc2c(-c3ccccc3)noc2C)C(=O)c2ccccn2)n(C)n1. The number of hydrogen-bond donors (Lipinski definition) is 0. The fourth-order valence-electron chi connectivity index (χ4n) is 3.45. The van der Waals surface area contributed by atoms with Crippen molar-refractivity contribution in [1.82, 2.24) is 24.8 Å². The van der Waals surface area contributed by atoms with Crippen molar-refractivity contribution >= 4 is 5.91 Å². The van der Waals surface area contributed by atoms with Crippen molar-refractivity contribution in [1.29, 1.82) is 0 Å². The van der Waals surface area contributed by atoms with E-state index in [4.69, 9.17) is 4.52 Å². The molecule has 0 aliphatic rings. The minimum absolute atomic E-state index is 0.158. The number of amides is 1. The van der Waals surface area contributed by atoms with Gasteiger partial charge in [-0.1, -0.05) is 41.6 Å². The molecule has 0 saturated carbocycles. The Morgan fingerprint density at radius 3 is 2.50 bits per heavy atom. The summed E-state index contributed by atoms with van der Waals surface area (Å²) in [6.07, 6.45) is 1.62. The fraction of sp³-hybridized carbons (Fsp3) is 0.217. The lowest BCUT2D eigenvalue weighted by Gasteiger charge is -2.22. The zero-order valence-corrected chi connectivity index (χ0v) is 17.2. The van der Waals surface area contributed by atoms with Crippen LogP contribution < -0.4 is 0 Å². The molecular formula is C23H23N5O2. The van der Waals surface area contributed by atoms with E-state index in [2.05, 4.69) is 15.2 Å². The zero-order chi connectivity index (χ0) is 21.1. The number of carbonyl (C=O) groups excluding carboxylic acids is 1. The summed E-state index contributed by atoms with van der Waals surface area (Å²) >= 11 is 0. The minimum atomic E-state index is -0.158. The van der Waals surface area contributed by atoms with E-state index in [0.29, 0.717) is 24.5 Å². The standard InChI is InChI=1S/C23H23N5O2/c1-16-13-19(27(3)25-16)14-28(23(29)21-11-7-8-12-24-21)15-20-17(2)30-26-22(20)18-9-5-4-6-10-18/h4-13H,14-15H2,1-3H3. The quantitative estimate of drug-likeness (QED) is 0.489. The van der Waals surface area contributed by atoms with Gasteiger partial charge in [0.25, 0.3) is 5.91 Å². The maximum absolute atomic E-state index is 13.3. The second-order valence-electron chi connectivity index (χ2n) is 7.21. The molecule has 1 aromatic carbocycles. The van der Waals surface area contributed by atoms with Crippen molar-refractivity contribution in [2.45, 2.75) is 26.9 Å². The predicted molar refractivity (Wildman–Crippen MR) is 112 cm³/mol. The Morgan fingerprint density at radius 2 is 1.83 bits per heavy atom. The van der Waals surface area contributed by atoms with Gasteiger partial charge in [0.2, 0.25) is 0 Å². The van der Waals surface area contributed by atoms with Gasteiger partial charge in [-0.25, -0.2) is 0 Å². The Bertz CT molecular complexity index is 1150. The van der Waals surface area contributed by atoms with Crippen molar-refractivity contribution in [3.63, 3.8) is 0 Å². The molecule has 4 rings (SSSR count). The second kappa shape index (κ2) is 8.32. The molecule has 0 atom stereocenters. The Labute approximate surface area is 175 Å². The highest BCUT2D eigenvalue weighted by Gasteiger charge is 2.24. The third-order valence-corrected chi connectivity index (χ3v) is 5.00. The summed E-state index contributed by atoms with van der Waals surface area (Å²) in [6.45, 7) is 4.54. The smallest absolute Gasteiger partial charge is 0.273 e. The van der Waals surface area contributed by atoms with Gasteiger partial charge in [-0.05, 0) is 32.0 Å². The Hall–Kier alpha value is -3.74. The van der Waals surface area contributed by atoms with Gasteiger partial charge in [0.15, 0.2) is 0 Å². The molecule has 0 unspecified atom stereocenters. The van der Waals surface area contributed by atoms with Crippen LogP contribution in [-0.2, 0) is 20.1 Å². The number of benzene rings is 1. The highest BCUT2D eigenvalue weighted by atomic mass is 16.5. The Morgan fingerprint density at radius 1 is 1.07 bits per heavy atom. The van der Waals surface area contributed by atoms with Crippen LogP contribution >= 0.6 is 0 Å². The van der Waals surface area contributed by atoms with E-state index in [1.54, 1.807) is 27.9 Å². The van der Waals surface area contributed by atoms with Gasteiger partial charge >= 0.3 is 0 Å². The number of pyridine rings is 1. The summed E-state index contributed by atoms with van der Waals surface area (Å²) in [4.78, 5) is 19.3. The summed E-state index contributed by atoms with van der Waals surface area (Å²) in [5.41, 5.74) is 4.81. The molecule has 4 aromatic rings. The number of hydrogen-bond acceptors (Lipinski definition) is 5. The zero-order valence-electron chi connectivity index (χ0n) is 17.2. The van der Waals surface area contributed by atoms with Crippen LogP contribution in [0.15, 0.2) is 65.3 Å². The highest BCUT2D eigenvalue weighted by molar-refractivity contribution is 5.92. The first-order chi connectivity index (χ1) is 14.5. The van der Waals surface area contributed by atoms with Crippen molar-refractivity contribution < 1.29 is 9.32 Å². The van der Waals surface area contributed by atoms with Crippen molar-refractivity contribution in [3.8, 4) is 11.3 Å². The van der Waals surface area contributed by atoms with Gasteiger partial charge < -0.3 is 9.42 Å². The monoisotopic (exact) mass is 401 g/mol. The normalized spacial score (nSPS) is 10.9. The topological polar surface area (TPSA) is 77.0 Å². The van der Waals surface area contributed by atoms with Crippen LogP contribution in [0.2, 0.25) is 0 Å². The van der Waals surface area contributed by atoms with Gasteiger partial charge in [0, 0.05) is 24.4 Å². The predicted octanol–water partition coefficient (Wildman–Crippen LogP) is 3.93. The van der Waals surface area contributed by atoms with Crippen LogP contribution in [0, 0.1) is 13.8 Å². The summed E-state index contributed by atoms with van der Waals surface area (Å²) in [7, 11) is 1.88. The van der Waals surface area contributed by atoms with Crippen LogP contribution in [0.5, 0.6) is 0 Å². The van der Waals surface area contributed by atoms with Crippen molar-refractivity contribution in [2.75, 3.05) is 0 Å². The lowest BCUT2D eigenvalue weighted by atomic mass is 10.1. The molecule has 0 spiro atoms. The molecule has 0 fully saturated rings. The molecule has 0 N–H and O–H groups in total. The Balaban J connectivity index is 1.71. The first-order valence-corrected chi connectivity index (χ1v) is 9.73. The fourth-order valence-corrected chi connectivity index (χ4v) is 3.45. The highest BCUT2D eigenvalue weighted by Crippen LogP contribution is 2.27. The molecule has 30 heavy (non-hydrogen) atoms. The van der Waals surface area contributed by atoms with Crippen LogP contribution in [0.3, 0.4) is 0 Å². The molecule has 3 aromatic heterocycles. The van der Waals surface area contributed by atoms with Gasteiger partial charge in [0.1, 0.15) is 17.1 Å². The van der Waals surface area contributed by atoms with E-state index < -0.39 is 0 Å². The third kappa shape index (κ3) is 4.00. The van der Waals surface area contributed by atoms with Crippen LogP contribution in [-0.4, -0.2) is 30.7 Å². The molecule has 7 heteroatoms. The molecule has 3 heterocycles. The van der Waals surface area contributed by atoms with E-state index in [1.165, 1.54) is 0 Å². The number of aryl methyl sites for hydroxylation is 3. The van der Waals surface area contributed by atoms with E-state index in [9.17, 15) is 4.79 Å². The van der Waals surface area contributed by atoms with Gasteiger partial charge in [-0.3, -0.25) is 14.5 Å². The molecule has 0 aliphatic heterocycles. The molecule has 0 aliphatic carbocycles. The molecular weight excluding hydrogens is 378 g/mol. The molecule has 0 radical (unpaired) electrons. The summed E-state index contributed by atoms with van der Waals surface area (Å²) in [6, 6.07) is 17.1.